The maximum Gasteiger partial charge on any atom is 0.0438 e. The Morgan fingerprint density at radius 3 is 3.00 bits per heavy atom. The molecule has 1 aromatic rings. The molecule has 0 aromatic carbocycles. The number of rotatable bonds is 6. The fourth-order valence-electron chi connectivity index (χ4n) is 1.05. The summed E-state index contributed by atoms with van der Waals surface area (Å²) in [5.41, 5.74) is 6.98. The molecule has 0 aliphatic heterocycles. The second-order valence-corrected chi connectivity index (χ2v) is 4.82. The van der Waals surface area contributed by atoms with Gasteiger partial charge in [-0.2, -0.15) is 23.1 Å². The van der Waals surface area contributed by atoms with Crippen LogP contribution in [-0.4, -0.2) is 24.0 Å². The number of aliphatic hydroxyl groups is 1. The first-order chi connectivity index (χ1) is 6.38. The quantitative estimate of drug-likeness (QED) is 0.715. The molecule has 0 spiro atoms. The molecule has 2 nitrogen and oxygen atoms in total. The van der Waals surface area contributed by atoms with Gasteiger partial charge in [0.05, 0.1) is 0 Å². The van der Waals surface area contributed by atoms with Gasteiger partial charge < -0.3 is 10.8 Å². The molecule has 1 heterocycles. The van der Waals surface area contributed by atoms with Crippen molar-refractivity contribution in [2.75, 3.05) is 18.9 Å². The lowest BCUT2D eigenvalue weighted by atomic mass is 10.2. The third kappa shape index (κ3) is 3.68. The molecule has 0 aliphatic rings. The van der Waals surface area contributed by atoms with Crippen LogP contribution in [0.25, 0.3) is 0 Å². The van der Waals surface area contributed by atoms with Crippen LogP contribution >= 0.6 is 23.1 Å². The maximum atomic E-state index is 8.64. The Bertz CT molecular complexity index is 213. The number of aliphatic hydroxyl groups excluding tert-OH is 1. The highest BCUT2D eigenvalue weighted by molar-refractivity contribution is 7.99. The number of thiophene rings is 1. The molecule has 1 atom stereocenters. The van der Waals surface area contributed by atoms with Gasteiger partial charge >= 0.3 is 0 Å². The van der Waals surface area contributed by atoms with Gasteiger partial charge in [0, 0.05) is 18.4 Å². The highest BCUT2D eigenvalue weighted by Gasteiger charge is 2.09. The molecule has 4 heteroatoms. The van der Waals surface area contributed by atoms with E-state index in [1.54, 1.807) is 11.3 Å². The summed E-state index contributed by atoms with van der Waals surface area (Å²) >= 11 is 3.53. The van der Waals surface area contributed by atoms with Crippen LogP contribution < -0.4 is 5.73 Å². The summed E-state index contributed by atoms with van der Waals surface area (Å²) in [6, 6.07) is 2.12. The van der Waals surface area contributed by atoms with Crippen molar-refractivity contribution in [2.24, 2.45) is 5.73 Å². The lowest BCUT2D eigenvalue weighted by Gasteiger charge is -2.11. The lowest BCUT2D eigenvalue weighted by molar-refractivity contribution is 0.296. The Labute approximate surface area is 87.2 Å². The van der Waals surface area contributed by atoms with E-state index in [2.05, 4.69) is 16.8 Å². The van der Waals surface area contributed by atoms with Crippen LogP contribution in [0, 0.1) is 0 Å². The Balaban J connectivity index is 2.35. The zero-order valence-electron chi connectivity index (χ0n) is 7.48. The fraction of sp³-hybridized carbons (Fsp3) is 0.556. The van der Waals surface area contributed by atoms with E-state index in [1.165, 1.54) is 5.56 Å². The summed E-state index contributed by atoms with van der Waals surface area (Å²) < 4.78 is 0. The number of hydrogen-bond acceptors (Lipinski definition) is 4. The van der Waals surface area contributed by atoms with Crippen LogP contribution in [0.4, 0.5) is 0 Å². The third-order valence-corrected chi connectivity index (χ3v) is 3.84. The molecule has 74 valence electrons. The lowest BCUT2D eigenvalue weighted by Crippen LogP contribution is -2.09. The molecular weight excluding hydrogens is 202 g/mol. The number of nitrogens with two attached hydrogens (primary N) is 1. The van der Waals surface area contributed by atoms with Crippen molar-refractivity contribution in [3.8, 4) is 0 Å². The van der Waals surface area contributed by atoms with Crippen molar-refractivity contribution in [2.45, 2.75) is 11.7 Å². The van der Waals surface area contributed by atoms with Crippen LogP contribution in [0.1, 0.15) is 17.2 Å². The van der Waals surface area contributed by atoms with Crippen molar-refractivity contribution < 1.29 is 5.11 Å². The zero-order chi connectivity index (χ0) is 9.52. The number of hydrogen-bond donors (Lipinski definition) is 2. The molecule has 3 N–H and O–H groups in total. The largest absolute Gasteiger partial charge is 0.396 e. The molecule has 1 aromatic heterocycles. The third-order valence-electron chi connectivity index (χ3n) is 1.75. The first-order valence-electron chi connectivity index (χ1n) is 4.33. The summed E-state index contributed by atoms with van der Waals surface area (Å²) in [6.45, 7) is 0.945. The zero-order valence-corrected chi connectivity index (χ0v) is 9.11. The number of thioether (sulfide) groups is 1. The normalized spacial score (nSPS) is 13.1. The van der Waals surface area contributed by atoms with Crippen LogP contribution in [-0.2, 0) is 0 Å². The molecule has 1 rings (SSSR count). The highest BCUT2D eigenvalue weighted by atomic mass is 32.2. The maximum absolute atomic E-state index is 8.64. The molecule has 0 aliphatic carbocycles. The fourth-order valence-corrected chi connectivity index (χ4v) is 2.90. The summed E-state index contributed by atoms with van der Waals surface area (Å²) in [7, 11) is 0. The molecule has 0 bridgehead atoms. The monoisotopic (exact) mass is 217 g/mol. The van der Waals surface area contributed by atoms with Gasteiger partial charge in [0.15, 0.2) is 0 Å². The molecule has 0 saturated heterocycles. The van der Waals surface area contributed by atoms with E-state index in [4.69, 9.17) is 10.8 Å². The van der Waals surface area contributed by atoms with Gasteiger partial charge in [-0.1, -0.05) is 0 Å². The molecule has 0 fully saturated rings. The molecule has 1 unspecified atom stereocenters. The second-order valence-electron chi connectivity index (χ2n) is 2.73. The SMILES string of the molecule is NCC(SCCCO)c1ccsc1. The molecule has 0 amide bonds. The van der Waals surface area contributed by atoms with Gasteiger partial charge in [-0.05, 0) is 34.6 Å². The average Bonchev–Trinajstić information content (AvgIpc) is 2.65. The van der Waals surface area contributed by atoms with Crippen molar-refractivity contribution in [3.05, 3.63) is 22.4 Å². The molecule has 0 radical (unpaired) electrons. The van der Waals surface area contributed by atoms with E-state index >= 15 is 0 Å². The summed E-state index contributed by atoms with van der Waals surface area (Å²) in [5, 5.41) is 13.3. The van der Waals surface area contributed by atoms with Crippen LogP contribution in [0.3, 0.4) is 0 Å². The smallest absolute Gasteiger partial charge is 0.0438 e. The topological polar surface area (TPSA) is 46.2 Å². The summed E-state index contributed by atoms with van der Waals surface area (Å²) in [6.07, 6.45) is 0.852. The Morgan fingerprint density at radius 2 is 2.46 bits per heavy atom. The predicted octanol–water partition coefficient (Wildman–Crippen LogP) is 1.86. The van der Waals surface area contributed by atoms with Crippen LogP contribution in [0.5, 0.6) is 0 Å². The highest BCUT2D eigenvalue weighted by Crippen LogP contribution is 2.29. The first kappa shape index (κ1) is 11.0. The van der Waals surface area contributed by atoms with Crippen LogP contribution in [0.2, 0.25) is 0 Å². The van der Waals surface area contributed by atoms with E-state index in [1.807, 2.05) is 11.8 Å². The standard InChI is InChI=1S/C9H15NOS2/c10-6-9(13-4-1-3-11)8-2-5-12-7-8/h2,5,7,9,11H,1,3-4,6,10H2. The molecule has 13 heavy (non-hydrogen) atoms. The van der Waals surface area contributed by atoms with Crippen molar-refractivity contribution in [1.29, 1.82) is 0 Å². The van der Waals surface area contributed by atoms with Gasteiger partial charge in [-0.15, -0.1) is 0 Å². The Kier molecular flexibility index (Phi) is 5.46. The van der Waals surface area contributed by atoms with Gasteiger partial charge in [-0.25, -0.2) is 0 Å². The van der Waals surface area contributed by atoms with Crippen molar-refractivity contribution in [3.63, 3.8) is 0 Å². The van der Waals surface area contributed by atoms with Gasteiger partial charge in [-0.3, -0.25) is 0 Å². The first-order valence-corrected chi connectivity index (χ1v) is 6.32. The minimum Gasteiger partial charge on any atom is -0.396 e. The van der Waals surface area contributed by atoms with Crippen LogP contribution in [0.15, 0.2) is 16.8 Å². The predicted molar refractivity (Wildman–Crippen MR) is 60.3 cm³/mol. The second kappa shape index (κ2) is 6.43. The van der Waals surface area contributed by atoms with Gasteiger partial charge in [0.25, 0.3) is 0 Å². The Morgan fingerprint density at radius 1 is 1.62 bits per heavy atom. The van der Waals surface area contributed by atoms with E-state index in [0.29, 0.717) is 11.8 Å². The van der Waals surface area contributed by atoms with Crippen molar-refractivity contribution >= 4 is 23.1 Å². The van der Waals surface area contributed by atoms with Crippen molar-refractivity contribution in [1.82, 2.24) is 0 Å². The molecule has 0 saturated carbocycles. The van der Waals surface area contributed by atoms with Gasteiger partial charge in [0.1, 0.15) is 0 Å². The van der Waals surface area contributed by atoms with E-state index in [9.17, 15) is 0 Å². The van der Waals surface area contributed by atoms with Gasteiger partial charge in [0.2, 0.25) is 0 Å². The van der Waals surface area contributed by atoms with E-state index < -0.39 is 0 Å². The molecular formula is C9H15NOS2. The van der Waals surface area contributed by atoms with E-state index in [0.717, 1.165) is 12.2 Å². The summed E-state index contributed by atoms with van der Waals surface area (Å²) in [4.78, 5) is 0. The summed E-state index contributed by atoms with van der Waals surface area (Å²) in [5.74, 6) is 0.980. The Hall–Kier alpha value is -0.0300. The minimum absolute atomic E-state index is 0.272. The average molecular weight is 217 g/mol. The van der Waals surface area contributed by atoms with E-state index in [-0.39, 0.29) is 6.61 Å². The minimum atomic E-state index is 0.272.